The highest BCUT2D eigenvalue weighted by molar-refractivity contribution is 7.91. The molecule has 1 atom stereocenters. The monoisotopic (exact) mass is 427 g/mol. The van der Waals surface area contributed by atoms with Gasteiger partial charge in [0.2, 0.25) is 15.7 Å². The van der Waals surface area contributed by atoms with Crippen molar-refractivity contribution in [3.8, 4) is 0 Å². The van der Waals surface area contributed by atoms with E-state index in [-0.39, 0.29) is 24.0 Å². The van der Waals surface area contributed by atoms with Crippen LogP contribution in [0.1, 0.15) is 18.5 Å². The van der Waals surface area contributed by atoms with Gasteiger partial charge >= 0.3 is 5.76 Å². The molecule has 29 heavy (non-hydrogen) atoms. The number of non-ortho nitro benzene ring substituents is 1. The maximum atomic E-state index is 12.9. The number of para-hydroxylation sites is 1. The van der Waals surface area contributed by atoms with Crippen LogP contribution in [0.25, 0.3) is 0 Å². The molecule has 0 aliphatic rings. The molecule has 0 aliphatic carbocycles. The number of likely N-dealkylation sites (N-methyl/N-ethyl adjacent to an activating group) is 1. The van der Waals surface area contributed by atoms with E-state index in [1.54, 1.807) is 24.9 Å². The Morgan fingerprint density at radius 1 is 1.21 bits per heavy atom. The first-order valence-corrected chi connectivity index (χ1v) is 9.94. The van der Waals surface area contributed by atoms with E-state index in [9.17, 15) is 32.1 Å². The zero-order chi connectivity index (χ0) is 21.8. The Morgan fingerprint density at radius 2 is 1.86 bits per heavy atom. The number of anilines is 1. The molecule has 0 fully saturated rings. The maximum Gasteiger partial charge on any atom is 0.341 e. The van der Waals surface area contributed by atoms with Gasteiger partial charge in [-0.1, -0.05) is 24.3 Å². The topological polar surface area (TPSA) is 110 Å². The van der Waals surface area contributed by atoms with Crippen LogP contribution >= 0.6 is 0 Å². The summed E-state index contributed by atoms with van der Waals surface area (Å²) in [5, 5.41) is 13.2. The number of hydrogen-bond donors (Lipinski definition) is 1. The van der Waals surface area contributed by atoms with Crippen molar-refractivity contribution in [2.75, 3.05) is 18.9 Å². The molecular formula is C18H19F2N3O5S. The van der Waals surface area contributed by atoms with Crippen molar-refractivity contribution >= 4 is 27.1 Å². The fourth-order valence-electron chi connectivity index (χ4n) is 2.62. The largest absolute Gasteiger partial charge is 0.341 e. The lowest BCUT2D eigenvalue weighted by Gasteiger charge is -2.24. The number of nitrogens with one attached hydrogen (secondary N) is 1. The zero-order valence-corrected chi connectivity index (χ0v) is 16.4. The number of carbonyl (C=O) groups is 1. The number of carbonyl (C=O) groups excluding carboxylic acids is 1. The van der Waals surface area contributed by atoms with Gasteiger partial charge in [0, 0.05) is 18.2 Å². The molecule has 0 heterocycles. The Balaban J connectivity index is 2.14. The fourth-order valence-corrected chi connectivity index (χ4v) is 3.51. The van der Waals surface area contributed by atoms with Crippen molar-refractivity contribution in [3.05, 3.63) is 64.2 Å². The van der Waals surface area contributed by atoms with Gasteiger partial charge in [-0.15, -0.1) is 0 Å². The Bertz CT molecular complexity index is 1010. The molecule has 0 bridgehead atoms. The number of rotatable bonds is 8. The summed E-state index contributed by atoms with van der Waals surface area (Å²) in [7, 11) is -3.28. The average Bonchev–Trinajstić information content (AvgIpc) is 2.67. The quantitative estimate of drug-likeness (QED) is 0.512. The van der Waals surface area contributed by atoms with E-state index in [0.29, 0.717) is 5.56 Å². The Morgan fingerprint density at radius 3 is 2.48 bits per heavy atom. The van der Waals surface area contributed by atoms with E-state index in [0.717, 1.165) is 6.07 Å². The van der Waals surface area contributed by atoms with Crippen LogP contribution in [0, 0.1) is 10.1 Å². The summed E-state index contributed by atoms with van der Waals surface area (Å²) in [4.78, 5) is 23.6. The summed E-state index contributed by atoms with van der Waals surface area (Å²) >= 11 is 0. The second-order valence-electron chi connectivity index (χ2n) is 6.29. The van der Waals surface area contributed by atoms with Crippen LogP contribution in [-0.2, 0) is 14.6 Å². The summed E-state index contributed by atoms with van der Waals surface area (Å²) in [6.45, 7) is 1.54. The minimum atomic E-state index is -4.88. The molecule has 0 aliphatic heterocycles. The van der Waals surface area contributed by atoms with Gasteiger partial charge in [-0.2, -0.15) is 8.78 Å². The second kappa shape index (κ2) is 9.05. The number of halogens is 2. The highest BCUT2D eigenvalue weighted by Gasteiger charge is 2.29. The third-order valence-corrected chi connectivity index (χ3v) is 5.76. The molecule has 0 radical (unpaired) electrons. The molecule has 2 aromatic rings. The standard InChI is InChI=1S/C18H19F2N3O5S/c1-12(13-6-5-7-14(10-13)23(25)26)22(2)11-17(24)21-15-8-3-4-9-16(15)29(27,28)18(19)20/h3-10,12,18H,11H2,1-2H3,(H,21,24). The normalized spacial score (nSPS) is 12.8. The Labute approximate surface area is 166 Å². The van der Waals surface area contributed by atoms with Gasteiger partial charge in [-0.25, -0.2) is 8.42 Å². The highest BCUT2D eigenvalue weighted by Crippen LogP contribution is 2.27. The number of nitro benzene ring substituents is 1. The number of amides is 1. The SMILES string of the molecule is CC(c1cccc([N+](=O)[O-])c1)N(C)CC(=O)Nc1ccccc1S(=O)(=O)C(F)F. The van der Waals surface area contributed by atoms with Gasteiger partial charge in [0.25, 0.3) is 5.69 Å². The van der Waals surface area contributed by atoms with Crippen molar-refractivity contribution in [3.63, 3.8) is 0 Å². The molecule has 2 aromatic carbocycles. The van der Waals surface area contributed by atoms with Crippen LogP contribution in [-0.4, -0.2) is 43.5 Å². The summed E-state index contributed by atoms with van der Waals surface area (Å²) in [5.41, 5.74) is 0.280. The predicted molar refractivity (Wildman–Crippen MR) is 102 cm³/mol. The van der Waals surface area contributed by atoms with E-state index >= 15 is 0 Å². The summed E-state index contributed by atoms with van der Waals surface area (Å²) < 4.78 is 49.2. The third kappa shape index (κ3) is 5.33. The summed E-state index contributed by atoms with van der Waals surface area (Å²) in [5.74, 6) is -4.24. The Hall–Kier alpha value is -2.92. The number of nitro groups is 1. The second-order valence-corrected chi connectivity index (χ2v) is 8.18. The Kier molecular flexibility index (Phi) is 6.98. The zero-order valence-electron chi connectivity index (χ0n) is 15.6. The van der Waals surface area contributed by atoms with Crippen molar-refractivity contribution in [2.24, 2.45) is 0 Å². The summed E-state index contributed by atoms with van der Waals surface area (Å²) in [6.07, 6.45) is 0. The molecule has 1 unspecified atom stereocenters. The highest BCUT2D eigenvalue weighted by atomic mass is 32.2. The van der Waals surface area contributed by atoms with E-state index in [2.05, 4.69) is 5.32 Å². The third-order valence-electron chi connectivity index (χ3n) is 4.32. The molecule has 1 amide bonds. The van der Waals surface area contributed by atoms with Crippen LogP contribution in [0.15, 0.2) is 53.4 Å². The smallest absolute Gasteiger partial charge is 0.324 e. The number of sulfone groups is 1. The molecule has 0 aromatic heterocycles. The molecule has 0 saturated heterocycles. The van der Waals surface area contributed by atoms with Crippen LogP contribution in [0.4, 0.5) is 20.2 Å². The average molecular weight is 427 g/mol. The van der Waals surface area contributed by atoms with Crippen LogP contribution in [0.5, 0.6) is 0 Å². The van der Waals surface area contributed by atoms with Gasteiger partial charge in [0.05, 0.1) is 22.1 Å². The molecule has 156 valence electrons. The van der Waals surface area contributed by atoms with Crippen molar-refractivity contribution in [2.45, 2.75) is 23.6 Å². The van der Waals surface area contributed by atoms with Gasteiger partial charge in [0.1, 0.15) is 0 Å². The molecule has 2 rings (SSSR count). The van der Waals surface area contributed by atoms with Gasteiger partial charge in [0.15, 0.2) is 0 Å². The maximum absolute atomic E-state index is 12.9. The first-order chi connectivity index (χ1) is 13.5. The number of benzene rings is 2. The predicted octanol–water partition coefficient (Wildman–Crippen LogP) is 3.22. The van der Waals surface area contributed by atoms with Gasteiger partial charge in [-0.3, -0.25) is 19.8 Å². The first kappa shape index (κ1) is 22.4. The van der Waals surface area contributed by atoms with Crippen LogP contribution in [0.2, 0.25) is 0 Å². The molecule has 1 N–H and O–H groups in total. The first-order valence-electron chi connectivity index (χ1n) is 8.39. The van der Waals surface area contributed by atoms with E-state index < -0.39 is 31.3 Å². The van der Waals surface area contributed by atoms with Crippen molar-refractivity contribution in [1.82, 2.24) is 4.90 Å². The fraction of sp³-hybridized carbons (Fsp3) is 0.278. The summed E-state index contributed by atoms with van der Waals surface area (Å²) in [6, 6.07) is 10.5. The molecule has 11 heteroatoms. The van der Waals surface area contributed by atoms with E-state index in [1.807, 2.05) is 0 Å². The number of alkyl halides is 2. The minimum absolute atomic E-state index is 0.0849. The lowest BCUT2D eigenvalue weighted by molar-refractivity contribution is -0.384. The minimum Gasteiger partial charge on any atom is -0.324 e. The van der Waals surface area contributed by atoms with Crippen LogP contribution in [0.3, 0.4) is 0 Å². The molecule has 8 nitrogen and oxygen atoms in total. The molecule has 0 spiro atoms. The molecular weight excluding hydrogens is 408 g/mol. The molecule has 0 saturated carbocycles. The lowest BCUT2D eigenvalue weighted by atomic mass is 10.1. The lowest BCUT2D eigenvalue weighted by Crippen LogP contribution is -2.32. The number of nitrogens with zero attached hydrogens (tertiary/aromatic N) is 2. The van der Waals surface area contributed by atoms with Crippen molar-refractivity contribution < 1.29 is 26.9 Å². The van der Waals surface area contributed by atoms with E-state index in [1.165, 1.54) is 36.4 Å². The van der Waals surface area contributed by atoms with E-state index in [4.69, 9.17) is 0 Å². The van der Waals surface area contributed by atoms with Crippen LogP contribution < -0.4 is 5.32 Å². The van der Waals surface area contributed by atoms with Gasteiger partial charge < -0.3 is 5.32 Å². The number of hydrogen-bond acceptors (Lipinski definition) is 6. The van der Waals surface area contributed by atoms with Gasteiger partial charge in [-0.05, 0) is 31.7 Å². The van der Waals surface area contributed by atoms with Crippen molar-refractivity contribution in [1.29, 1.82) is 0 Å².